The predicted molar refractivity (Wildman–Crippen MR) is 83.3 cm³/mol. The van der Waals surface area contributed by atoms with Gasteiger partial charge in [0.25, 0.3) is 0 Å². The van der Waals surface area contributed by atoms with E-state index in [-0.39, 0.29) is 5.91 Å². The highest BCUT2D eigenvalue weighted by Crippen LogP contribution is 2.30. The molecule has 1 atom stereocenters. The number of methoxy groups -OCH3 is 1. The first-order chi connectivity index (χ1) is 10.2. The molecule has 0 spiro atoms. The zero-order valence-corrected chi connectivity index (χ0v) is 13.2. The van der Waals surface area contributed by atoms with Crippen LogP contribution in [0.1, 0.15) is 43.4 Å². The van der Waals surface area contributed by atoms with Crippen LogP contribution in [0.5, 0.6) is 0 Å². The van der Waals surface area contributed by atoms with Gasteiger partial charge in [0.15, 0.2) is 0 Å². The van der Waals surface area contributed by atoms with Crippen LogP contribution in [0.15, 0.2) is 12.4 Å². The Balaban J connectivity index is 1.94. The fourth-order valence-corrected chi connectivity index (χ4v) is 2.88. The van der Waals surface area contributed by atoms with Crippen LogP contribution in [0, 0.1) is 0 Å². The van der Waals surface area contributed by atoms with Gasteiger partial charge < -0.3 is 19.9 Å². The largest absolute Gasteiger partial charge is 0.383 e. The molecule has 2 rings (SSSR count). The highest BCUT2D eigenvalue weighted by molar-refractivity contribution is 5.75. The maximum absolute atomic E-state index is 11.9. The van der Waals surface area contributed by atoms with E-state index in [9.17, 15) is 4.79 Å². The van der Waals surface area contributed by atoms with Crippen molar-refractivity contribution in [2.75, 3.05) is 26.8 Å². The van der Waals surface area contributed by atoms with E-state index in [2.05, 4.69) is 30.0 Å². The van der Waals surface area contributed by atoms with Gasteiger partial charge in [0, 0.05) is 32.1 Å². The van der Waals surface area contributed by atoms with Gasteiger partial charge in [-0.25, -0.2) is 0 Å². The Hall–Kier alpha value is -1.33. The molecule has 5 nitrogen and oxygen atoms in total. The van der Waals surface area contributed by atoms with Gasteiger partial charge in [0.05, 0.1) is 6.61 Å². The van der Waals surface area contributed by atoms with E-state index in [1.807, 2.05) is 4.57 Å². The monoisotopic (exact) mass is 293 g/mol. The molecule has 1 aliphatic carbocycles. The number of carbonyl (C=O) groups excluding carboxylic acids is 1. The number of nitrogens with one attached hydrogen (secondary N) is 2. The van der Waals surface area contributed by atoms with Crippen LogP contribution in [0.4, 0.5) is 0 Å². The van der Waals surface area contributed by atoms with Gasteiger partial charge >= 0.3 is 0 Å². The number of rotatable bonds is 8. The summed E-state index contributed by atoms with van der Waals surface area (Å²) < 4.78 is 6.94. The van der Waals surface area contributed by atoms with E-state index in [0.717, 1.165) is 19.4 Å². The van der Waals surface area contributed by atoms with Gasteiger partial charge in [-0.3, -0.25) is 4.79 Å². The molecule has 1 heterocycles. The molecular formula is C16H27N3O2. The average molecular weight is 293 g/mol. The highest BCUT2D eigenvalue weighted by atomic mass is 16.5. The molecule has 0 aromatic carbocycles. The quantitative estimate of drug-likeness (QED) is 0.716. The predicted octanol–water partition coefficient (Wildman–Crippen LogP) is 1.63. The van der Waals surface area contributed by atoms with Crippen LogP contribution >= 0.6 is 0 Å². The molecule has 0 bridgehead atoms. The number of hydrogen-bond donors (Lipinski definition) is 2. The van der Waals surface area contributed by atoms with Crippen molar-refractivity contribution in [3.8, 4) is 0 Å². The maximum atomic E-state index is 11.9. The van der Waals surface area contributed by atoms with E-state index >= 15 is 0 Å². The van der Waals surface area contributed by atoms with Crippen LogP contribution in [-0.4, -0.2) is 37.3 Å². The third kappa shape index (κ3) is 4.58. The first kappa shape index (κ1) is 16.0. The van der Waals surface area contributed by atoms with Gasteiger partial charge in [-0.2, -0.15) is 0 Å². The molecule has 0 fully saturated rings. The summed E-state index contributed by atoms with van der Waals surface area (Å²) in [5.41, 5.74) is 2.76. The standard InChI is InChI=1S/C16H27N3O2/c1-3-7-17-15-6-4-5-13-10-19(11-14(13)15)12-16(20)18-8-9-21-2/h10-11,15,17H,3-9,12H2,1-2H3,(H,18,20). The Morgan fingerprint density at radius 2 is 2.29 bits per heavy atom. The lowest BCUT2D eigenvalue weighted by molar-refractivity contribution is -0.121. The molecule has 1 aromatic rings. The number of ether oxygens (including phenoxy) is 1. The van der Waals surface area contributed by atoms with Gasteiger partial charge in [-0.1, -0.05) is 6.92 Å². The van der Waals surface area contributed by atoms with Crippen molar-refractivity contribution in [3.05, 3.63) is 23.5 Å². The molecule has 0 saturated heterocycles. The summed E-state index contributed by atoms with van der Waals surface area (Å²) in [6.45, 7) is 4.74. The summed E-state index contributed by atoms with van der Waals surface area (Å²) in [7, 11) is 1.63. The summed E-state index contributed by atoms with van der Waals surface area (Å²) in [6.07, 6.45) is 8.95. The molecule has 5 heteroatoms. The van der Waals surface area contributed by atoms with Gasteiger partial charge in [-0.15, -0.1) is 0 Å². The zero-order chi connectivity index (χ0) is 15.1. The first-order valence-corrected chi connectivity index (χ1v) is 7.92. The molecule has 1 aliphatic rings. The Bertz CT molecular complexity index is 456. The Kier molecular flexibility index (Phi) is 6.26. The summed E-state index contributed by atoms with van der Waals surface area (Å²) in [6, 6.07) is 0.450. The van der Waals surface area contributed by atoms with E-state index < -0.39 is 0 Å². The molecular weight excluding hydrogens is 266 g/mol. The van der Waals surface area contributed by atoms with Gasteiger partial charge in [0.1, 0.15) is 6.54 Å². The normalized spacial score (nSPS) is 17.5. The number of aryl methyl sites for hydroxylation is 1. The van der Waals surface area contributed by atoms with Crippen LogP contribution in [0.3, 0.4) is 0 Å². The fourth-order valence-electron chi connectivity index (χ4n) is 2.88. The molecule has 0 saturated carbocycles. The van der Waals surface area contributed by atoms with Gasteiger partial charge in [-0.05, 0) is 43.4 Å². The minimum atomic E-state index is 0.0393. The molecule has 118 valence electrons. The highest BCUT2D eigenvalue weighted by Gasteiger charge is 2.21. The Morgan fingerprint density at radius 3 is 3.05 bits per heavy atom. The van der Waals surface area contributed by atoms with Crippen molar-refractivity contribution in [1.82, 2.24) is 15.2 Å². The summed E-state index contributed by atoms with van der Waals surface area (Å²) in [5, 5.41) is 6.46. The lowest BCUT2D eigenvalue weighted by atomic mass is 9.91. The second-order valence-corrected chi connectivity index (χ2v) is 5.65. The molecule has 0 radical (unpaired) electrons. The number of carbonyl (C=O) groups is 1. The van der Waals surface area contributed by atoms with E-state index in [1.165, 1.54) is 24.0 Å². The SMILES string of the molecule is CCCNC1CCCc2cn(CC(=O)NCCOC)cc21. The molecule has 1 unspecified atom stereocenters. The first-order valence-electron chi connectivity index (χ1n) is 7.92. The average Bonchev–Trinajstić information content (AvgIpc) is 2.88. The lowest BCUT2D eigenvalue weighted by Gasteiger charge is -2.23. The smallest absolute Gasteiger partial charge is 0.239 e. The van der Waals surface area contributed by atoms with Crippen LogP contribution < -0.4 is 10.6 Å². The van der Waals surface area contributed by atoms with Crippen LogP contribution in [-0.2, 0) is 22.5 Å². The van der Waals surface area contributed by atoms with Crippen molar-refractivity contribution in [2.24, 2.45) is 0 Å². The molecule has 1 aromatic heterocycles. The Morgan fingerprint density at radius 1 is 1.43 bits per heavy atom. The third-order valence-electron chi connectivity index (χ3n) is 3.91. The number of nitrogens with zero attached hydrogens (tertiary/aromatic N) is 1. The molecule has 0 aliphatic heterocycles. The fraction of sp³-hybridized carbons (Fsp3) is 0.688. The van der Waals surface area contributed by atoms with Crippen molar-refractivity contribution in [1.29, 1.82) is 0 Å². The summed E-state index contributed by atoms with van der Waals surface area (Å²) in [4.78, 5) is 11.9. The molecule has 2 N–H and O–H groups in total. The van der Waals surface area contributed by atoms with Crippen LogP contribution in [0.25, 0.3) is 0 Å². The number of aromatic nitrogens is 1. The number of fused-ring (bicyclic) bond motifs is 1. The van der Waals surface area contributed by atoms with Crippen molar-refractivity contribution in [3.63, 3.8) is 0 Å². The summed E-state index contributed by atoms with van der Waals surface area (Å²) >= 11 is 0. The molecule has 1 amide bonds. The number of hydrogen-bond acceptors (Lipinski definition) is 3. The van der Waals surface area contributed by atoms with E-state index in [0.29, 0.717) is 25.7 Å². The Labute approximate surface area is 127 Å². The minimum absolute atomic E-state index is 0.0393. The maximum Gasteiger partial charge on any atom is 0.239 e. The van der Waals surface area contributed by atoms with Crippen molar-refractivity contribution in [2.45, 2.75) is 45.2 Å². The van der Waals surface area contributed by atoms with Crippen LogP contribution in [0.2, 0.25) is 0 Å². The summed E-state index contributed by atoms with van der Waals surface area (Å²) in [5.74, 6) is 0.0393. The topological polar surface area (TPSA) is 55.3 Å². The third-order valence-corrected chi connectivity index (χ3v) is 3.91. The van der Waals surface area contributed by atoms with Crippen molar-refractivity contribution >= 4 is 5.91 Å². The number of amides is 1. The van der Waals surface area contributed by atoms with E-state index in [4.69, 9.17) is 4.74 Å². The second kappa shape index (κ2) is 8.20. The van der Waals surface area contributed by atoms with E-state index in [1.54, 1.807) is 7.11 Å². The zero-order valence-electron chi connectivity index (χ0n) is 13.2. The molecule has 21 heavy (non-hydrogen) atoms. The lowest BCUT2D eigenvalue weighted by Crippen LogP contribution is -2.30. The van der Waals surface area contributed by atoms with Crippen molar-refractivity contribution < 1.29 is 9.53 Å². The second-order valence-electron chi connectivity index (χ2n) is 5.65. The van der Waals surface area contributed by atoms with Gasteiger partial charge in [0.2, 0.25) is 5.91 Å². The minimum Gasteiger partial charge on any atom is -0.383 e.